The highest BCUT2D eigenvalue weighted by Crippen LogP contribution is 2.26. The van der Waals surface area contributed by atoms with E-state index in [2.05, 4.69) is 27.6 Å². The summed E-state index contributed by atoms with van der Waals surface area (Å²) in [6, 6.07) is 0.340. The third-order valence-electron chi connectivity index (χ3n) is 5.39. The van der Waals surface area contributed by atoms with Crippen LogP contribution in [0.3, 0.4) is 0 Å². The van der Waals surface area contributed by atoms with Crippen molar-refractivity contribution < 1.29 is 4.74 Å². The molecule has 1 aliphatic heterocycles. The zero-order chi connectivity index (χ0) is 18.2. The number of aromatic nitrogens is 3. The van der Waals surface area contributed by atoms with Gasteiger partial charge in [0.2, 0.25) is 0 Å². The van der Waals surface area contributed by atoms with Gasteiger partial charge >= 0.3 is 0 Å². The van der Waals surface area contributed by atoms with Gasteiger partial charge in [0.15, 0.2) is 11.8 Å². The van der Waals surface area contributed by atoms with Gasteiger partial charge < -0.3 is 15.4 Å². The molecule has 1 fully saturated rings. The zero-order valence-corrected chi connectivity index (χ0v) is 16.3. The first-order valence-electron chi connectivity index (χ1n) is 10.2. The van der Waals surface area contributed by atoms with E-state index in [1.807, 2.05) is 4.68 Å². The van der Waals surface area contributed by atoms with Crippen LogP contribution in [0.25, 0.3) is 0 Å². The lowest BCUT2D eigenvalue weighted by atomic mass is 9.87. The molecule has 0 radical (unpaired) electrons. The summed E-state index contributed by atoms with van der Waals surface area (Å²) in [5.74, 6) is 3.65. The maximum atomic E-state index is 5.14. The summed E-state index contributed by atoms with van der Waals surface area (Å²) in [6.07, 6.45) is 10.2. The van der Waals surface area contributed by atoms with Crippen LogP contribution in [0.4, 0.5) is 0 Å². The summed E-state index contributed by atoms with van der Waals surface area (Å²) >= 11 is 0. The minimum Gasteiger partial charge on any atom is -0.377 e. The van der Waals surface area contributed by atoms with Crippen molar-refractivity contribution >= 4 is 5.96 Å². The Balaban J connectivity index is 1.51. The minimum absolute atomic E-state index is 0.340. The molecule has 26 heavy (non-hydrogen) atoms. The average molecular weight is 363 g/mol. The van der Waals surface area contributed by atoms with E-state index in [-0.39, 0.29) is 0 Å². The Hall–Kier alpha value is -1.63. The van der Waals surface area contributed by atoms with Crippen LogP contribution in [0.1, 0.15) is 63.5 Å². The van der Waals surface area contributed by atoms with E-state index in [1.54, 1.807) is 7.11 Å². The van der Waals surface area contributed by atoms with Gasteiger partial charge in [0.05, 0.1) is 6.54 Å². The predicted molar refractivity (Wildman–Crippen MR) is 103 cm³/mol. The normalized spacial score (nSPS) is 21.5. The number of guanidine groups is 1. The van der Waals surface area contributed by atoms with E-state index in [9.17, 15) is 0 Å². The Kier molecular flexibility index (Phi) is 7.29. The van der Waals surface area contributed by atoms with Crippen molar-refractivity contribution in [2.24, 2.45) is 10.9 Å². The Morgan fingerprint density at radius 3 is 2.88 bits per heavy atom. The summed E-state index contributed by atoms with van der Waals surface area (Å²) < 4.78 is 7.16. The molecule has 0 amide bonds. The number of fused-ring (bicyclic) bond motifs is 1. The van der Waals surface area contributed by atoms with Gasteiger partial charge in [-0.1, -0.05) is 32.1 Å². The molecule has 7 nitrogen and oxygen atoms in total. The molecule has 2 heterocycles. The topological polar surface area (TPSA) is 76.4 Å². The molecular weight excluding hydrogens is 328 g/mol. The number of methoxy groups -OCH3 is 1. The van der Waals surface area contributed by atoms with Crippen molar-refractivity contribution in [1.29, 1.82) is 0 Å². The highest BCUT2D eigenvalue weighted by atomic mass is 16.5. The van der Waals surface area contributed by atoms with Crippen LogP contribution in [0.2, 0.25) is 0 Å². The van der Waals surface area contributed by atoms with Crippen molar-refractivity contribution in [1.82, 2.24) is 25.4 Å². The fraction of sp³-hybridized carbons (Fsp3) is 0.842. The number of ether oxygens (including phenoxy) is 1. The molecule has 1 aromatic heterocycles. The number of nitrogens with one attached hydrogen (secondary N) is 2. The van der Waals surface area contributed by atoms with Crippen LogP contribution in [-0.2, 0) is 24.3 Å². The van der Waals surface area contributed by atoms with Gasteiger partial charge in [-0.15, -0.1) is 0 Å². The van der Waals surface area contributed by atoms with Crippen molar-refractivity contribution in [2.45, 2.75) is 77.5 Å². The van der Waals surface area contributed by atoms with Gasteiger partial charge in [-0.05, 0) is 25.7 Å². The van der Waals surface area contributed by atoms with Crippen molar-refractivity contribution in [2.75, 3.05) is 20.2 Å². The number of aliphatic imine (C=N–C) groups is 1. The molecule has 0 bridgehead atoms. The lowest BCUT2D eigenvalue weighted by Gasteiger charge is -2.25. The molecule has 2 N–H and O–H groups in total. The fourth-order valence-electron chi connectivity index (χ4n) is 4.02. The number of hydrogen-bond donors (Lipinski definition) is 2. The van der Waals surface area contributed by atoms with E-state index in [0.29, 0.717) is 12.6 Å². The minimum atomic E-state index is 0.340. The molecule has 1 atom stereocenters. The number of hydrogen-bond acceptors (Lipinski definition) is 4. The highest BCUT2D eigenvalue weighted by Gasteiger charge is 2.22. The second-order valence-electron chi connectivity index (χ2n) is 7.49. The van der Waals surface area contributed by atoms with E-state index >= 15 is 0 Å². The van der Waals surface area contributed by atoms with Gasteiger partial charge in [0.1, 0.15) is 12.4 Å². The fourth-order valence-corrected chi connectivity index (χ4v) is 4.02. The number of aryl methyl sites for hydroxylation is 1. The first-order valence-corrected chi connectivity index (χ1v) is 10.2. The molecule has 0 aromatic carbocycles. The molecule has 3 rings (SSSR count). The largest absolute Gasteiger partial charge is 0.377 e. The second-order valence-corrected chi connectivity index (χ2v) is 7.49. The molecule has 1 aromatic rings. The third-order valence-corrected chi connectivity index (χ3v) is 5.39. The van der Waals surface area contributed by atoms with Crippen molar-refractivity contribution in [3.63, 3.8) is 0 Å². The van der Waals surface area contributed by atoms with Crippen LogP contribution >= 0.6 is 0 Å². The Morgan fingerprint density at radius 1 is 1.27 bits per heavy atom. The Morgan fingerprint density at radius 2 is 2.12 bits per heavy atom. The van der Waals surface area contributed by atoms with Gasteiger partial charge in [-0.2, -0.15) is 5.10 Å². The van der Waals surface area contributed by atoms with Crippen molar-refractivity contribution in [3.8, 4) is 0 Å². The molecule has 0 spiro atoms. The zero-order valence-electron chi connectivity index (χ0n) is 16.3. The summed E-state index contributed by atoms with van der Waals surface area (Å²) in [6.45, 7) is 5.22. The molecule has 1 unspecified atom stereocenters. The van der Waals surface area contributed by atoms with Crippen molar-refractivity contribution in [3.05, 3.63) is 11.6 Å². The molecular formula is C19H34N6O. The van der Waals surface area contributed by atoms with Crippen LogP contribution in [0.15, 0.2) is 4.99 Å². The van der Waals surface area contributed by atoms with Crippen LogP contribution in [0.5, 0.6) is 0 Å². The van der Waals surface area contributed by atoms with E-state index in [4.69, 9.17) is 9.73 Å². The summed E-state index contributed by atoms with van der Waals surface area (Å²) in [4.78, 5) is 9.37. The van der Waals surface area contributed by atoms with E-state index < -0.39 is 0 Å². The lowest BCUT2D eigenvalue weighted by molar-refractivity contribution is 0.177. The van der Waals surface area contributed by atoms with Gasteiger partial charge in [-0.25, -0.2) is 9.67 Å². The van der Waals surface area contributed by atoms with Gasteiger partial charge in [0, 0.05) is 32.7 Å². The summed E-state index contributed by atoms with van der Waals surface area (Å²) in [5.41, 5.74) is 0. The second kappa shape index (κ2) is 9.90. The molecule has 2 aliphatic rings. The quantitative estimate of drug-likeness (QED) is 0.575. The first-order chi connectivity index (χ1) is 12.8. The molecule has 1 aliphatic carbocycles. The molecule has 7 heteroatoms. The monoisotopic (exact) mass is 362 g/mol. The maximum absolute atomic E-state index is 5.14. The van der Waals surface area contributed by atoms with Gasteiger partial charge in [0.25, 0.3) is 0 Å². The number of rotatable bonds is 7. The van der Waals surface area contributed by atoms with E-state index in [1.165, 1.54) is 38.5 Å². The molecule has 146 valence electrons. The average Bonchev–Trinajstić information content (AvgIpc) is 3.05. The molecule has 0 saturated heterocycles. The maximum Gasteiger partial charge on any atom is 0.191 e. The Labute approximate surface area is 157 Å². The molecule has 1 saturated carbocycles. The standard InChI is InChI=1S/C19H34N6O/c1-3-20-19(21-12-11-15-7-5-4-6-8-15)22-16-9-10-18-23-17(14-26-2)24-25(18)13-16/h15-16H,3-14H2,1-2H3,(H2,20,21,22). The summed E-state index contributed by atoms with van der Waals surface area (Å²) in [7, 11) is 1.68. The summed E-state index contributed by atoms with van der Waals surface area (Å²) in [5, 5.41) is 11.5. The van der Waals surface area contributed by atoms with Gasteiger partial charge in [-0.3, -0.25) is 4.99 Å². The van der Waals surface area contributed by atoms with Crippen LogP contribution in [-0.4, -0.2) is 47.0 Å². The van der Waals surface area contributed by atoms with E-state index in [0.717, 1.165) is 56.0 Å². The SMILES string of the molecule is CCNC(=NCCC1CCCCC1)NC1CCc2nc(COC)nn2C1. The Bertz CT molecular complexity index is 579. The van der Waals surface area contributed by atoms with Crippen LogP contribution < -0.4 is 10.6 Å². The lowest BCUT2D eigenvalue weighted by Crippen LogP contribution is -2.47. The predicted octanol–water partition coefficient (Wildman–Crippen LogP) is 2.26. The first kappa shape index (κ1) is 19.1. The highest BCUT2D eigenvalue weighted by molar-refractivity contribution is 5.80. The number of nitrogens with zero attached hydrogens (tertiary/aromatic N) is 4. The van der Waals surface area contributed by atoms with Crippen LogP contribution in [0, 0.1) is 5.92 Å². The smallest absolute Gasteiger partial charge is 0.191 e. The third kappa shape index (κ3) is 5.43.